The summed E-state index contributed by atoms with van der Waals surface area (Å²) in [6.45, 7) is 6.31. The van der Waals surface area contributed by atoms with E-state index in [4.69, 9.17) is 5.73 Å². The van der Waals surface area contributed by atoms with Crippen molar-refractivity contribution in [3.8, 4) is 0 Å². The predicted molar refractivity (Wildman–Crippen MR) is 77.4 cm³/mol. The molecule has 0 radical (unpaired) electrons. The highest BCUT2D eigenvalue weighted by molar-refractivity contribution is 7.89. The maximum Gasteiger partial charge on any atom is 0.240 e. The second-order valence-corrected chi connectivity index (χ2v) is 6.35. The minimum absolute atomic E-state index is 0.293. The Kier molecular flexibility index (Phi) is 5.93. The fourth-order valence-electron chi connectivity index (χ4n) is 1.68. The van der Waals surface area contributed by atoms with Crippen LogP contribution in [0.3, 0.4) is 0 Å². The number of hydrogen-bond donors (Lipinski definition) is 2. The second-order valence-electron chi connectivity index (χ2n) is 4.59. The van der Waals surface area contributed by atoms with Gasteiger partial charge in [-0.2, -0.15) is 0 Å². The van der Waals surface area contributed by atoms with Gasteiger partial charge in [0.2, 0.25) is 10.0 Å². The standard InChI is InChI=1S/C13H23N3O2S/c1-4-16(3)8-7-15-19(17,18)13-6-5-12(10-14)11(2)9-13/h5-6,9,15H,4,7-8,10,14H2,1-3H3. The van der Waals surface area contributed by atoms with E-state index in [1.54, 1.807) is 18.2 Å². The van der Waals surface area contributed by atoms with Crippen LogP contribution in [-0.2, 0) is 16.6 Å². The van der Waals surface area contributed by atoms with Crippen LogP contribution >= 0.6 is 0 Å². The van der Waals surface area contributed by atoms with E-state index >= 15 is 0 Å². The molecule has 0 spiro atoms. The third kappa shape index (κ3) is 4.58. The fourth-order valence-corrected chi connectivity index (χ4v) is 2.78. The Bertz CT molecular complexity index is 515. The molecule has 5 nitrogen and oxygen atoms in total. The molecule has 1 aromatic carbocycles. The van der Waals surface area contributed by atoms with Crippen LogP contribution in [0.4, 0.5) is 0 Å². The molecular weight excluding hydrogens is 262 g/mol. The van der Waals surface area contributed by atoms with E-state index in [1.807, 2.05) is 25.8 Å². The highest BCUT2D eigenvalue weighted by Crippen LogP contribution is 2.14. The number of hydrogen-bond acceptors (Lipinski definition) is 4. The van der Waals surface area contributed by atoms with Crippen molar-refractivity contribution in [3.63, 3.8) is 0 Å². The van der Waals surface area contributed by atoms with E-state index in [-0.39, 0.29) is 0 Å². The molecule has 0 aliphatic carbocycles. The van der Waals surface area contributed by atoms with Gasteiger partial charge in [-0.3, -0.25) is 0 Å². The number of benzene rings is 1. The minimum atomic E-state index is -3.43. The van der Waals surface area contributed by atoms with Crippen LogP contribution in [0.2, 0.25) is 0 Å². The van der Waals surface area contributed by atoms with Crippen LogP contribution < -0.4 is 10.5 Å². The van der Waals surface area contributed by atoms with Gasteiger partial charge in [0.15, 0.2) is 0 Å². The van der Waals surface area contributed by atoms with Crippen LogP contribution in [0.25, 0.3) is 0 Å². The largest absolute Gasteiger partial charge is 0.326 e. The van der Waals surface area contributed by atoms with Crippen LogP contribution in [0.5, 0.6) is 0 Å². The summed E-state index contributed by atoms with van der Waals surface area (Å²) >= 11 is 0. The molecule has 0 bridgehead atoms. The Morgan fingerprint density at radius 2 is 2.05 bits per heavy atom. The molecule has 0 fully saturated rings. The van der Waals surface area contributed by atoms with Gasteiger partial charge in [-0.05, 0) is 43.8 Å². The van der Waals surface area contributed by atoms with Crippen LogP contribution in [0, 0.1) is 6.92 Å². The van der Waals surface area contributed by atoms with Gasteiger partial charge in [0.05, 0.1) is 4.90 Å². The quantitative estimate of drug-likeness (QED) is 0.772. The molecule has 0 saturated heterocycles. The van der Waals surface area contributed by atoms with Crippen molar-refractivity contribution in [3.05, 3.63) is 29.3 Å². The van der Waals surface area contributed by atoms with Gasteiger partial charge in [0.1, 0.15) is 0 Å². The van der Waals surface area contributed by atoms with Crippen molar-refractivity contribution in [2.45, 2.75) is 25.3 Å². The lowest BCUT2D eigenvalue weighted by molar-refractivity contribution is 0.358. The van der Waals surface area contributed by atoms with Gasteiger partial charge in [0.25, 0.3) is 0 Å². The fraction of sp³-hybridized carbons (Fsp3) is 0.538. The van der Waals surface area contributed by atoms with E-state index in [0.29, 0.717) is 24.5 Å². The SMILES string of the molecule is CCN(C)CCNS(=O)(=O)c1ccc(CN)c(C)c1. The zero-order valence-corrected chi connectivity index (χ0v) is 12.6. The van der Waals surface area contributed by atoms with E-state index in [0.717, 1.165) is 17.7 Å². The highest BCUT2D eigenvalue weighted by atomic mass is 32.2. The predicted octanol–water partition coefficient (Wildman–Crippen LogP) is 0.684. The summed E-state index contributed by atoms with van der Waals surface area (Å²) < 4.78 is 26.8. The lowest BCUT2D eigenvalue weighted by Gasteiger charge is -2.14. The molecule has 19 heavy (non-hydrogen) atoms. The number of nitrogens with one attached hydrogen (secondary N) is 1. The van der Waals surface area contributed by atoms with Crippen LogP contribution in [0.1, 0.15) is 18.1 Å². The molecule has 3 N–H and O–H groups in total. The average molecular weight is 285 g/mol. The molecule has 0 aromatic heterocycles. The van der Waals surface area contributed by atoms with Gasteiger partial charge in [0, 0.05) is 19.6 Å². The number of aryl methyl sites for hydroxylation is 1. The molecule has 0 atom stereocenters. The van der Waals surface area contributed by atoms with E-state index in [2.05, 4.69) is 4.72 Å². The topological polar surface area (TPSA) is 75.4 Å². The third-order valence-electron chi connectivity index (χ3n) is 3.17. The molecule has 1 aromatic rings. The first kappa shape index (κ1) is 16.1. The summed E-state index contributed by atoms with van der Waals surface area (Å²) in [7, 11) is -1.48. The number of nitrogens with two attached hydrogens (primary N) is 1. The number of rotatable bonds is 7. The van der Waals surface area contributed by atoms with Crippen molar-refractivity contribution in [2.75, 3.05) is 26.7 Å². The molecule has 6 heteroatoms. The van der Waals surface area contributed by atoms with E-state index in [1.165, 1.54) is 0 Å². The lowest BCUT2D eigenvalue weighted by Crippen LogP contribution is -2.33. The van der Waals surface area contributed by atoms with Gasteiger partial charge < -0.3 is 10.6 Å². The van der Waals surface area contributed by atoms with Gasteiger partial charge >= 0.3 is 0 Å². The first-order valence-corrected chi connectivity index (χ1v) is 7.86. The summed E-state index contributed by atoms with van der Waals surface area (Å²) in [4.78, 5) is 2.34. The molecule has 108 valence electrons. The average Bonchev–Trinajstić information content (AvgIpc) is 2.38. The zero-order chi connectivity index (χ0) is 14.5. The monoisotopic (exact) mass is 285 g/mol. The van der Waals surface area contributed by atoms with Crippen molar-refractivity contribution in [1.29, 1.82) is 0 Å². The normalized spacial score (nSPS) is 12.1. The van der Waals surface area contributed by atoms with E-state index in [9.17, 15) is 8.42 Å². The van der Waals surface area contributed by atoms with Gasteiger partial charge in [-0.25, -0.2) is 13.1 Å². The van der Waals surface area contributed by atoms with Crippen LogP contribution in [-0.4, -0.2) is 40.0 Å². The van der Waals surface area contributed by atoms with Crippen molar-refractivity contribution >= 4 is 10.0 Å². The summed E-state index contributed by atoms with van der Waals surface area (Å²) in [6, 6.07) is 5.02. The Balaban J connectivity index is 2.75. The molecule has 0 unspecified atom stereocenters. The first-order chi connectivity index (χ1) is 8.90. The Morgan fingerprint density at radius 1 is 1.37 bits per heavy atom. The van der Waals surface area contributed by atoms with Gasteiger partial charge in [-0.1, -0.05) is 13.0 Å². The second kappa shape index (κ2) is 7.00. The number of likely N-dealkylation sites (N-methyl/N-ethyl adjacent to an activating group) is 1. The molecule has 0 saturated carbocycles. The Labute approximate surface area is 115 Å². The smallest absolute Gasteiger partial charge is 0.240 e. The third-order valence-corrected chi connectivity index (χ3v) is 4.63. The highest BCUT2D eigenvalue weighted by Gasteiger charge is 2.14. The summed E-state index contributed by atoms with van der Waals surface area (Å²) in [5.41, 5.74) is 7.43. The summed E-state index contributed by atoms with van der Waals surface area (Å²) in [6.07, 6.45) is 0. The number of nitrogens with zero attached hydrogens (tertiary/aromatic N) is 1. The van der Waals surface area contributed by atoms with Crippen LogP contribution in [0.15, 0.2) is 23.1 Å². The van der Waals surface area contributed by atoms with Crippen molar-refractivity contribution in [1.82, 2.24) is 9.62 Å². The maximum atomic E-state index is 12.1. The molecule has 0 heterocycles. The molecule has 0 aliphatic rings. The molecule has 0 amide bonds. The van der Waals surface area contributed by atoms with Gasteiger partial charge in [-0.15, -0.1) is 0 Å². The first-order valence-electron chi connectivity index (χ1n) is 6.38. The Hall–Kier alpha value is -0.950. The molecule has 0 aliphatic heterocycles. The van der Waals surface area contributed by atoms with Crippen molar-refractivity contribution in [2.24, 2.45) is 5.73 Å². The molecular formula is C13H23N3O2S. The summed E-state index contributed by atoms with van der Waals surface area (Å²) in [5, 5.41) is 0. The minimum Gasteiger partial charge on any atom is -0.326 e. The summed E-state index contributed by atoms with van der Waals surface area (Å²) in [5.74, 6) is 0. The Morgan fingerprint density at radius 3 is 2.58 bits per heavy atom. The maximum absolute atomic E-state index is 12.1. The zero-order valence-electron chi connectivity index (χ0n) is 11.8. The number of sulfonamides is 1. The van der Waals surface area contributed by atoms with Crippen molar-refractivity contribution < 1.29 is 8.42 Å². The molecule has 1 rings (SSSR count). The lowest BCUT2D eigenvalue weighted by atomic mass is 10.1. The van der Waals surface area contributed by atoms with E-state index < -0.39 is 10.0 Å².